The molecule has 1 N–H and O–H groups in total. The summed E-state index contributed by atoms with van der Waals surface area (Å²) in [6.07, 6.45) is 1.00. The molecule has 1 unspecified atom stereocenters. The van der Waals surface area contributed by atoms with Crippen molar-refractivity contribution < 1.29 is 4.79 Å². The van der Waals surface area contributed by atoms with E-state index in [2.05, 4.69) is 43.0 Å². The van der Waals surface area contributed by atoms with Crippen LogP contribution in [0.2, 0.25) is 0 Å². The van der Waals surface area contributed by atoms with Gasteiger partial charge >= 0.3 is 0 Å². The molecule has 1 amide bonds. The molecule has 126 valence electrons. The van der Waals surface area contributed by atoms with Gasteiger partial charge in [0.15, 0.2) is 0 Å². The van der Waals surface area contributed by atoms with E-state index in [1.54, 1.807) is 11.3 Å². The van der Waals surface area contributed by atoms with Gasteiger partial charge in [-0.25, -0.2) is 9.97 Å². The first-order chi connectivity index (χ1) is 10.8. The highest BCUT2D eigenvalue weighted by molar-refractivity contribution is 8.00. The number of hydrogen-bond donors (Lipinski definition) is 1. The van der Waals surface area contributed by atoms with Crippen LogP contribution < -0.4 is 5.32 Å². The maximum absolute atomic E-state index is 12.3. The van der Waals surface area contributed by atoms with Crippen LogP contribution in [0.3, 0.4) is 0 Å². The van der Waals surface area contributed by atoms with Crippen LogP contribution in [0, 0.1) is 26.7 Å². The number of aryl methyl sites for hydroxylation is 3. The van der Waals surface area contributed by atoms with Gasteiger partial charge < -0.3 is 5.32 Å². The average Bonchev–Trinajstić information content (AvgIpc) is 2.73. The predicted octanol–water partition coefficient (Wildman–Crippen LogP) is 4.26. The minimum atomic E-state index is -0.167. The van der Waals surface area contributed by atoms with E-state index in [0.717, 1.165) is 34.0 Å². The van der Waals surface area contributed by atoms with Crippen LogP contribution in [-0.2, 0) is 4.79 Å². The van der Waals surface area contributed by atoms with E-state index in [0.29, 0.717) is 5.92 Å². The van der Waals surface area contributed by atoms with Gasteiger partial charge in [-0.15, -0.1) is 11.3 Å². The van der Waals surface area contributed by atoms with Gasteiger partial charge in [0, 0.05) is 16.8 Å². The molecule has 2 aromatic rings. The Labute approximate surface area is 146 Å². The Morgan fingerprint density at radius 2 is 1.91 bits per heavy atom. The van der Waals surface area contributed by atoms with E-state index in [1.165, 1.54) is 22.2 Å². The smallest absolute Gasteiger partial charge is 0.233 e. The lowest BCUT2D eigenvalue weighted by Crippen LogP contribution is -2.32. The number of fused-ring (bicyclic) bond motifs is 1. The number of rotatable bonds is 6. The van der Waals surface area contributed by atoms with Crippen molar-refractivity contribution in [2.75, 3.05) is 6.54 Å². The maximum Gasteiger partial charge on any atom is 0.233 e. The molecule has 1 atom stereocenters. The zero-order chi connectivity index (χ0) is 17.1. The van der Waals surface area contributed by atoms with E-state index < -0.39 is 0 Å². The second kappa shape index (κ2) is 7.62. The average molecular weight is 352 g/mol. The molecule has 0 aromatic carbocycles. The van der Waals surface area contributed by atoms with Gasteiger partial charge in [-0.1, -0.05) is 25.6 Å². The Balaban J connectivity index is 2.16. The molecule has 0 aliphatic rings. The summed E-state index contributed by atoms with van der Waals surface area (Å²) in [6.45, 7) is 13.1. The third-order valence-electron chi connectivity index (χ3n) is 3.79. The van der Waals surface area contributed by atoms with Crippen molar-refractivity contribution in [2.24, 2.45) is 5.92 Å². The van der Waals surface area contributed by atoms with Crippen LogP contribution in [0.5, 0.6) is 0 Å². The van der Waals surface area contributed by atoms with Crippen LogP contribution in [-0.4, -0.2) is 27.7 Å². The molecule has 0 bridgehead atoms. The number of amides is 1. The molecule has 0 aliphatic carbocycles. The monoisotopic (exact) mass is 351 g/mol. The lowest BCUT2D eigenvalue weighted by Gasteiger charge is -2.13. The molecule has 0 saturated carbocycles. The molecular formula is C17H25N3OS2. The van der Waals surface area contributed by atoms with E-state index in [1.807, 2.05) is 13.8 Å². The zero-order valence-corrected chi connectivity index (χ0v) is 16.3. The first-order valence-corrected chi connectivity index (χ1v) is 9.68. The van der Waals surface area contributed by atoms with E-state index in [4.69, 9.17) is 0 Å². The second-order valence-electron chi connectivity index (χ2n) is 6.27. The molecule has 4 nitrogen and oxygen atoms in total. The summed E-state index contributed by atoms with van der Waals surface area (Å²) in [5, 5.41) is 4.87. The van der Waals surface area contributed by atoms with Gasteiger partial charge in [-0.3, -0.25) is 4.79 Å². The molecule has 2 heterocycles. The van der Waals surface area contributed by atoms with Crippen LogP contribution >= 0.6 is 23.1 Å². The van der Waals surface area contributed by atoms with Gasteiger partial charge in [0.05, 0.1) is 5.25 Å². The molecule has 0 spiro atoms. The Hall–Kier alpha value is -1.14. The van der Waals surface area contributed by atoms with Crippen molar-refractivity contribution in [1.82, 2.24) is 15.3 Å². The summed E-state index contributed by atoms with van der Waals surface area (Å²) < 4.78 is 0. The number of thioether (sulfide) groups is 1. The second-order valence-corrected chi connectivity index (χ2v) is 8.81. The number of aromatic nitrogens is 2. The van der Waals surface area contributed by atoms with Crippen molar-refractivity contribution in [3.05, 3.63) is 16.3 Å². The van der Waals surface area contributed by atoms with Gasteiger partial charge in [-0.2, -0.15) is 0 Å². The Bertz CT molecular complexity index is 709. The summed E-state index contributed by atoms with van der Waals surface area (Å²) in [5.41, 5.74) is 1.22. The minimum Gasteiger partial charge on any atom is -0.355 e. The number of nitrogens with one attached hydrogen (secondary N) is 1. The van der Waals surface area contributed by atoms with E-state index in [9.17, 15) is 4.79 Å². The molecule has 6 heteroatoms. The van der Waals surface area contributed by atoms with Crippen molar-refractivity contribution in [3.63, 3.8) is 0 Å². The van der Waals surface area contributed by atoms with Gasteiger partial charge in [0.2, 0.25) is 5.91 Å². The first-order valence-electron chi connectivity index (χ1n) is 7.98. The fourth-order valence-corrected chi connectivity index (χ4v) is 4.47. The highest BCUT2D eigenvalue weighted by atomic mass is 32.2. The lowest BCUT2D eigenvalue weighted by molar-refractivity contribution is -0.120. The number of hydrogen-bond acceptors (Lipinski definition) is 5. The van der Waals surface area contributed by atoms with Crippen LogP contribution in [0.1, 0.15) is 43.5 Å². The Morgan fingerprint density at radius 3 is 2.57 bits per heavy atom. The Morgan fingerprint density at radius 1 is 1.22 bits per heavy atom. The third-order valence-corrected chi connectivity index (χ3v) is 5.97. The van der Waals surface area contributed by atoms with Crippen molar-refractivity contribution in [3.8, 4) is 0 Å². The number of thiophene rings is 1. The molecule has 0 aliphatic heterocycles. The van der Waals surface area contributed by atoms with Crippen LogP contribution in [0.25, 0.3) is 10.2 Å². The largest absolute Gasteiger partial charge is 0.355 e. The van der Waals surface area contributed by atoms with Gasteiger partial charge in [0.1, 0.15) is 15.7 Å². The van der Waals surface area contributed by atoms with Crippen LogP contribution in [0.15, 0.2) is 5.03 Å². The van der Waals surface area contributed by atoms with Gasteiger partial charge in [0.25, 0.3) is 0 Å². The third kappa shape index (κ3) is 4.44. The molecule has 2 rings (SSSR count). The molecule has 0 radical (unpaired) electrons. The minimum absolute atomic E-state index is 0.0738. The summed E-state index contributed by atoms with van der Waals surface area (Å²) in [6, 6.07) is 0. The summed E-state index contributed by atoms with van der Waals surface area (Å²) in [5.74, 6) is 1.43. The van der Waals surface area contributed by atoms with E-state index in [-0.39, 0.29) is 11.2 Å². The van der Waals surface area contributed by atoms with Crippen LogP contribution in [0.4, 0.5) is 0 Å². The molecule has 23 heavy (non-hydrogen) atoms. The Kier molecular flexibility index (Phi) is 6.03. The summed E-state index contributed by atoms with van der Waals surface area (Å²) in [4.78, 5) is 23.7. The van der Waals surface area contributed by atoms with E-state index >= 15 is 0 Å². The quantitative estimate of drug-likeness (QED) is 0.624. The summed E-state index contributed by atoms with van der Waals surface area (Å²) in [7, 11) is 0. The normalized spacial score (nSPS) is 12.8. The molecule has 0 saturated heterocycles. The van der Waals surface area contributed by atoms with Gasteiger partial charge in [-0.05, 0) is 45.6 Å². The fourth-order valence-electron chi connectivity index (χ4n) is 2.25. The SMILES string of the molecule is Cc1nc(SC(C)C(=O)NCCC(C)C)c2c(C)c(C)sc2n1. The van der Waals surface area contributed by atoms with Crippen molar-refractivity contribution >= 4 is 39.2 Å². The number of nitrogens with zero attached hydrogens (tertiary/aromatic N) is 2. The fraction of sp³-hybridized carbons (Fsp3) is 0.588. The molecule has 0 fully saturated rings. The highest BCUT2D eigenvalue weighted by Gasteiger charge is 2.20. The predicted molar refractivity (Wildman–Crippen MR) is 99.4 cm³/mol. The lowest BCUT2D eigenvalue weighted by atomic mass is 10.1. The number of carbonyl (C=O) groups is 1. The highest BCUT2D eigenvalue weighted by Crippen LogP contribution is 2.36. The van der Waals surface area contributed by atoms with Crippen molar-refractivity contribution in [2.45, 2.75) is 58.2 Å². The molecular weight excluding hydrogens is 326 g/mol. The standard InChI is InChI=1S/C17H25N3OS2/c1-9(2)7-8-18-15(21)12(5)23-17-14-10(3)11(4)22-16(14)19-13(6)20-17/h9,12H,7-8H2,1-6H3,(H,18,21). The maximum atomic E-state index is 12.3. The molecule has 2 aromatic heterocycles. The van der Waals surface area contributed by atoms with Crippen molar-refractivity contribution in [1.29, 1.82) is 0 Å². The topological polar surface area (TPSA) is 54.9 Å². The zero-order valence-electron chi connectivity index (χ0n) is 14.7. The first kappa shape index (κ1) is 18.2. The summed E-state index contributed by atoms with van der Waals surface area (Å²) >= 11 is 3.22. The number of carbonyl (C=O) groups excluding carboxylic acids is 1.